The van der Waals surface area contributed by atoms with Gasteiger partial charge in [0.05, 0.1) is 12.6 Å². The van der Waals surface area contributed by atoms with Crippen LogP contribution in [0.2, 0.25) is 0 Å². The molecule has 16 nitrogen and oxygen atoms in total. The van der Waals surface area contributed by atoms with Gasteiger partial charge in [0, 0.05) is 6.42 Å². The number of carboxylic acid groups (broad SMARTS) is 1. The number of thioether (sulfide) groups is 1. The van der Waals surface area contributed by atoms with Crippen LogP contribution in [-0.4, -0.2) is 107 Å². The fraction of sp³-hybridized carbons (Fsp3) is 0.720. The van der Waals surface area contributed by atoms with Crippen LogP contribution in [0.1, 0.15) is 47.0 Å². The first-order chi connectivity index (χ1) is 19.5. The fourth-order valence-corrected chi connectivity index (χ4v) is 4.01. The van der Waals surface area contributed by atoms with Crippen molar-refractivity contribution in [2.24, 2.45) is 23.3 Å². The molecule has 0 aliphatic heterocycles. The van der Waals surface area contributed by atoms with E-state index in [0.29, 0.717) is 12.2 Å². The van der Waals surface area contributed by atoms with Gasteiger partial charge in [-0.3, -0.25) is 33.6 Å². The van der Waals surface area contributed by atoms with Gasteiger partial charge in [0.15, 0.2) is 0 Å². The molecule has 0 heterocycles. The van der Waals surface area contributed by atoms with Crippen LogP contribution in [0.3, 0.4) is 0 Å². The molecule has 0 fully saturated rings. The van der Waals surface area contributed by atoms with Crippen molar-refractivity contribution in [3.05, 3.63) is 0 Å². The third-order valence-electron chi connectivity index (χ3n) is 6.01. The van der Waals surface area contributed by atoms with Crippen molar-refractivity contribution >= 4 is 53.2 Å². The Labute approximate surface area is 249 Å². The highest BCUT2D eigenvalue weighted by atomic mass is 32.2. The molecule has 6 amide bonds. The molecule has 0 saturated carbocycles. The van der Waals surface area contributed by atoms with Crippen molar-refractivity contribution in [2.45, 2.75) is 77.2 Å². The lowest BCUT2D eigenvalue weighted by atomic mass is 10.0. The minimum atomic E-state index is -1.57. The Morgan fingerprint density at radius 3 is 1.71 bits per heavy atom. The smallest absolute Gasteiger partial charge is 0.322 e. The molecule has 0 aliphatic rings. The Bertz CT molecular complexity index is 965. The molecule has 0 aliphatic carbocycles. The molecule has 0 unspecified atom stereocenters. The summed E-state index contributed by atoms with van der Waals surface area (Å²) < 4.78 is 0. The highest BCUT2D eigenvalue weighted by Crippen LogP contribution is 2.08. The standard InChI is InChI=1S/C25H45N7O9S/c1-12(2)19(24(40)28-10-18(35)36)32-23(39)16(11-33)30-22(38)15(6-7-17(27)34)29-25(41)20(13(3)4)31-21(37)14(26)8-9-42-5/h12-16,19-20,33H,6-11,26H2,1-5H3,(H2,27,34)(H,28,40)(H,29,41)(H,30,38)(H,31,37)(H,32,39)(H,35,36)/t14-,15-,16-,19-,20-/m0/s1. The van der Waals surface area contributed by atoms with Crippen molar-refractivity contribution < 1.29 is 43.8 Å². The van der Waals surface area contributed by atoms with E-state index in [1.807, 2.05) is 6.26 Å². The highest BCUT2D eigenvalue weighted by molar-refractivity contribution is 7.98. The predicted octanol–water partition coefficient (Wildman–Crippen LogP) is -3.22. The van der Waals surface area contributed by atoms with Crippen LogP contribution in [0.15, 0.2) is 0 Å². The molecular weight excluding hydrogens is 574 g/mol. The summed E-state index contributed by atoms with van der Waals surface area (Å²) in [6, 6.07) is -6.10. The first-order valence-electron chi connectivity index (χ1n) is 13.4. The van der Waals surface area contributed by atoms with Gasteiger partial charge < -0.3 is 48.3 Å². The summed E-state index contributed by atoms with van der Waals surface area (Å²) in [5, 5.41) is 30.4. The second-order valence-corrected chi connectivity index (χ2v) is 11.3. The SMILES string of the molecule is CSCC[C@H](N)C(=O)N[C@H](C(=O)N[C@@H](CCC(N)=O)C(=O)N[C@@H](CO)C(=O)N[C@H](C(=O)NCC(=O)O)C(C)C)C(C)C. The van der Waals surface area contributed by atoms with Crippen LogP contribution >= 0.6 is 11.8 Å². The van der Waals surface area contributed by atoms with Crippen LogP contribution < -0.4 is 38.1 Å². The van der Waals surface area contributed by atoms with Gasteiger partial charge in [-0.25, -0.2) is 0 Å². The number of hydrogen-bond acceptors (Lipinski definition) is 10. The molecule has 240 valence electrons. The van der Waals surface area contributed by atoms with E-state index < -0.39 is 96.6 Å². The lowest BCUT2D eigenvalue weighted by Gasteiger charge is -2.28. The van der Waals surface area contributed by atoms with E-state index >= 15 is 0 Å². The summed E-state index contributed by atoms with van der Waals surface area (Å²) in [5.74, 6) is -6.32. The molecule has 42 heavy (non-hydrogen) atoms. The molecule has 0 bridgehead atoms. The Kier molecular flexibility index (Phi) is 18.0. The van der Waals surface area contributed by atoms with Crippen LogP contribution in [0.25, 0.3) is 0 Å². The number of carboxylic acids is 1. The summed E-state index contributed by atoms with van der Waals surface area (Å²) in [6.45, 7) is 4.94. The molecule has 0 spiro atoms. The zero-order valence-electron chi connectivity index (χ0n) is 24.6. The third-order valence-corrected chi connectivity index (χ3v) is 6.65. The van der Waals surface area contributed by atoms with Crippen LogP contribution in [-0.2, 0) is 33.6 Å². The van der Waals surface area contributed by atoms with E-state index in [1.54, 1.807) is 27.7 Å². The van der Waals surface area contributed by atoms with E-state index in [9.17, 15) is 38.7 Å². The second-order valence-electron chi connectivity index (χ2n) is 10.3. The van der Waals surface area contributed by atoms with Gasteiger partial charge in [-0.15, -0.1) is 0 Å². The summed E-state index contributed by atoms with van der Waals surface area (Å²) in [6.07, 6.45) is 1.67. The molecule has 0 aromatic rings. The number of primary amides is 1. The monoisotopic (exact) mass is 619 g/mol. The fourth-order valence-electron chi connectivity index (χ4n) is 3.52. The third kappa shape index (κ3) is 14.5. The van der Waals surface area contributed by atoms with Gasteiger partial charge in [-0.2, -0.15) is 11.8 Å². The van der Waals surface area contributed by atoms with Crippen molar-refractivity contribution in [1.82, 2.24) is 26.6 Å². The number of hydrogen-bond donors (Lipinski definition) is 9. The Balaban J connectivity index is 5.69. The quantitative estimate of drug-likeness (QED) is 0.0654. The predicted molar refractivity (Wildman–Crippen MR) is 155 cm³/mol. The number of aliphatic hydroxyl groups excluding tert-OH is 1. The molecule has 0 aromatic carbocycles. The largest absolute Gasteiger partial charge is 0.480 e. The lowest BCUT2D eigenvalue weighted by molar-refractivity contribution is -0.139. The maximum atomic E-state index is 13.1. The highest BCUT2D eigenvalue weighted by Gasteiger charge is 2.33. The zero-order valence-corrected chi connectivity index (χ0v) is 25.4. The van der Waals surface area contributed by atoms with E-state index in [1.165, 1.54) is 11.8 Å². The van der Waals surface area contributed by atoms with Crippen molar-refractivity contribution in [2.75, 3.05) is 25.2 Å². The summed E-state index contributed by atoms with van der Waals surface area (Å²) in [5.41, 5.74) is 11.1. The number of rotatable bonds is 20. The number of carbonyl (C=O) groups is 7. The minimum absolute atomic E-state index is 0.259. The van der Waals surface area contributed by atoms with Crippen molar-refractivity contribution in [3.8, 4) is 0 Å². The molecule has 0 rings (SSSR count). The van der Waals surface area contributed by atoms with Crippen LogP contribution in [0, 0.1) is 11.8 Å². The van der Waals surface area contributed by atoms with Gasteiger partial charge in [0.1, 0.15) is 30.7 Å². The van der Waals surface area contributed by atoms with Gasteiger partial charge in [0.25, 0.3) is 0 Å². The average molecular weight is 620 g/mol. The van der Waals surface area contributed by atoms with E-state index in [4.69, 9.17) is 16.6 Å². The normalized spacial score (nSPS) is 14.6. The molecule has 0 saturated heterocycles. The average Bonchev–Trinajstić information content (AvgIpc) is 2.91. The molecule has 11 N–H and O–H groups in total. The minimum Gasteiger partial charge on any atom is -0.480 e. The van der Waals surface area contributed by atoms with E-state index in [0.717, 1.165) is 0 Å². The van der Waals surface area contributed by atoms with E-state index in [-0.39, 0.29) is 12.8 Å². The van der Waals surface area contributed by atoms with E-state index in [2.05, 4.69) is 26.6 Å². The number of nitrogens with one attached hydrogen (secondary N) is 5. The van der Waals surface area contributed by atoms with Crippen LogP contribution in [0.4, 0.5) is 0 Å². The van der Waals surface area contributed by atoms with Crippen molar-refractivity contribution in [3.63, 3.8) is 0 Å². The Morgan fingerprint density at radius 1 is 0.738 bits per heavy atom. The summed E-state index contributed by atoms with van der Waals surface area (Å²) in [4.78, 5) is 86.1. The van der Waals surface area contributed by atoms with Gasteiger partial charge >= 0.3 is 5.97 Å². The topological polar surface area (TPSA) is 272 Å². The number of aliphatic carboxylic acids is 1. The summed E-state index contributed by atoms with van der Waals surface area (Å²) >= 11 is 1.51. The molecule has 0 aromatic heterocycles. The molecular formula is C25H45N7O9S. The first kappa shape index (κ1) is 38.6. The number of nitrogens with two attached hydrogens (primary N) is 2. The number of carbonyl (C=O) groups excluding carboxylic acids is 6. The molecule has 17 heteroatoms. The number of amides is 6. The maximum Gasteiger partial charge on any atom is 0.322 e. The van der Waals surface area contributed by atoms with Crippen molar-refractivity contribution in [1.29, 1.82) is 0 Å². The molecule has 0 radical (unpaired) electrons. The number of aliphatic hydroxyl groups is 1. The Hall–Kier alpha value is -3.44. The lowest BCUT2D eigenvalue weighted by Crippen LogP contribution is -2.60. The van der Waals surface area contributed by atoms with Gasteiger partial charge in [-0.05, 0) is 36.7 Å². The first-order valence-corrected chi connectivity index (χ1v) is 14.8. The van der Waals surface area contributed by atoms with Crippen LogP contribution in [0.5, 0.6) is 0 Å². The summed E-state index contributed by atoms with van der Waals surface area (Å²) in [7, 11) is 0. The molecule has 5 atom stereocenters. The zero-order chi connectivity index (χ0) is 32.6. The van der Waals surface area contributed by atoms with Gasteiger partial charge in [-0.1, -0.05) is 27.7 Å². The maximum absolute atomic E-state index is 13.1. The van der Waals surface area contributed by atoms with Gasteiger partial charge in [0.2, 0.25) is 35.4 Å². The Morgan fingerprint density at radius 2 is 1.24 bits per heavy atom. The second kappa shape index (κ2) is 19.6.